The van der Waals surface area contributed by atoms with Crippen molar-refractivity contribution in [1.82, 2.24) is 14.5 Å². The van der Waals surface area contributed by atoms with Crippen LogP contribution in [0.1, 0.15) is 44.5 Å². The summed E-state index contributed by atoms with van der Waals surface area (Å²) in [5.74, 6) is 2.86. The highest BCUT2D eigenvalue weighted by Gasteiger charge is 2.32. The van der Waals surface area contributed by atoms with Crippen molar-refractivity contribution in [2.24, 2.45) is 0 Å². The first-order valence-electron chi connectivity index (χ1n) is 10.7. The summed E-state index contributed by atoms with van der Waals surface area (Å²) in [5.41, 5.74) is 2.10. The fourth-order valence-corrected chi connectivity index (χ4v) is 4.20. The fraction of sp³-hybridized carbons (Fsp3) is 0.417. The number of aromatic nitrogens is 2. The number of methoxy groups -OCH3 is 1. The number of imidazole rings is 1. The summed E-state index contributed by atoms with van der Waals surface area (Å²) in [6.45, 7) is 4.16. The van der Waals surface area contributed by atoms with Crippen LogP contribution in [0, 0.1) is 0 Å². The summed E-state index contributed by atoms with van der Waals surface area (Å²) in [5, 5.41) is 0. The second-order valence-electron chi connectivity index (χ2n) is 7.59. The van der Waals surface area contributed by atoms with Gasteiger partial charge in [-0.3, -0.25) is 4.79 Å². The average molecular weight is 408 g/mol. The minimum Gasteiger partial charge on any atom is -0.497 e. The Bertz CT molecular complexity index is 997. The predicted octanol–water partition coefficient (Wildman–Crippen LogP) is 4.59. The van der Waals surface area contributed by atoms with Gasteiger partial charge in [0.2, 0.25) is 5.91 Å². The number of hydrogen-bond donors (Lipinski definition) is 0. The molecule has 1 aliphatic heterocycles. The van der Waals surface area contributed by atoms with Crippen LogP contribution in [0.15, 0.2) is 48.5 Å². The zero-order valence-corrected chi connectivity index (χ0v) is 17.7. The minimum atomic E-state index is 0.0624. The lowest BCUT2D eigenvalue weighted by molar-refractivity contribution is -0.131. The number of carbonyl (C=O) groups is 1. The summed E-state index contributed by atoms with van der Waals surface area (Å²) < 4.78 is 13.4. The molecule has 0 unspecified atom stereocenters. The Balaban J connectivity index is 1.49. The molecular formula is C24H29N3O3. The topological polar surface area (TPSA) is 56.6 Å². The molecular weight excluding hydrogens is 378 g/mol. The average Bonchev–Trinajstić information content (AvgIpc) is 3.41. The van der Waals surface area contributed by atoms with Gasteiger partial charge in [0.05, 0.1) is 30.8 Å². The van der Waals surface area contributed by atoms with Gasteiger partial charge in [-0.1, -0.05) is 19.1 Å². The summed E-state index contributed by atoms with van der Waals surface area (Å²) in [4.78, 5) is 19.4. The van der Waals surface area contributed by atoms with E-state index in [-0.39, 0.29) is 11.9 Å². The second kappa shape index (κ2) is 9.20. The molecule has 0 spiro atoms. The highest BCUT2D eigenvalue weighted by molar-refractivity contribution is 5.78. The summed E-state index contributed by atoms with van der Waals surface area (Å²) in [6.07, 6.45) is 3.39. The van der Waals surface area contributed by atoms with Gasteiger partial charge in [-0.2, -0.15) is 0 Å². The number of rotatable bonds is 8. The fourth-order valence-electron chi connectivity index (χ4n) is 4.20. The highest BCUT2D eigenvalue weighted by Crippen LogP contribution is 2.34. The number of carbonyl (C=O) groups excluding carboxylic acids is 1. The van der Waals surface area contributed by atoms with E-state index in [1.807, 2.05) is 54.3 Å². The zero-order chi connectivity index (χ0) is 20.9. The van der Waals surface area contributed by atoms with Crippen molar-refractivity contribution in [3.05, 3.63) is 54.4 Å². The van der Waals surface area contributed by atoms with Gasteiger partial charge in [0.15, 0.2) is 0 Å². The van der Waals surface area contributed by atoms with Crippen molar-refractivity contribution in [2.45, 2.75) is 45.2 Å². The standard InChI is InChI=1S/C24H29N3O3/c1-3-23(28)26-15-6-10-22(26)24-25-20-8-4-5-9-21(20)27(24)16-7-17-30-19-13-11-18(29-2)12-14-19/h4-5,8-9,11-14,22H,3,6-7,10,15-17H2,1-2H3/t22-/m1/s1. The van der Waals surface area contributed by atoms with Crippen LogP contribution in [-0.2, 0) is 11.3 Å². The molecule has 158 valence electrons. The Morgan fingerprint density at radius 2 is 1.90 bits per heavy atom. The van der Waals surface area contributed by atoms with E-state index >= 15 is 0 Å². The van der Waals surface area contributed by atoms with Crippen molar-refractivity contribution in [2.75, 3.05) is 20.3 Å². The van der Waals surface area contributed by atoms with E-state index in [2.05, 4.69) is 10.6 Å². The van der Waals surface area contributed by atoms with Gasteiger partial charge >= 0.3 is 0 Å². The van der Waals surface area contributed by atoms with Crippen LogP contribution in [0.4, 0.5) is 0 Å². The number of ether oxygens (including phenoxy) is 2. The molecule has 0 saturated carbocycles. The Hall–Kier alpha value is -3.02. The van der Waals surface area contributed by atoms with Gasteiger partial charge in [-0.25, -0.2) is 4.98 Å². The van der Waals surface area contributed by atoms with Gasteiger partial charge in [-0.05, 0) is 55.7 Å². The lowest BCUT2D eigenvalue weighted by atomic mass is 10.2. The van der Waals surface area contributed by atoms with E-state index in [1.165, 1.54) is 0 Å². The molecule has 1 aromatic heterocycles. The van der Waals surface area contributed by atoms with Crippen molar-refractivity contribution in [1.29, 1.82) is 0 Å². The van der Waals surface area contributed by atoms with E-state index < -0.39 is 0 Å². The van der Waals surface area contributed by atoms with Crippen LogP contribution >= 0.6 is 0 Å². The number of fused-ring (bicyclic) bond motifs is 1. The van der Waals surface area contributed by atoms with Gasteiger partial charge in [-0.15, -0.1) is 0 Å². The van der Waals surface area contributed by atoms with Crippen LogP contribution in [0.2, 0.25) is 0 Å². The lowest BCUT2D eigenvalue weighted by Gasteiger charge is -2.25. The molecule has 2 aromatic carbocycles. The molecule has 6 nitrogen and oxygen atoms in total. The van der Waals surface area contributed by atoms with Crippen molar-refractivity contribution in [3.8, 4) is 11.5 Å². The molecule has 6 heteroatoms. The molecule has 1 saturated heterocycles. The van der Waals surface area contributed by atoms with Crippen LogP contribution in [0.3, 0.4) is 0 Å². The third kappa shape index (κ3) is 4.13. The number of benzene rings is 2. The molecule has 2 heterocycles. The van der Waals surface area contributed by atoms with E-state index in [4.69, 9.17) is 14.5 Å². The number of hydrogen-bond acceptors (Lipinski definition) is 4. The molecule has 0 radical (unpaired) electrons. The molecule has 0 aliphatic carbocycles. The number of para-hydroxylation sites is 2. The van der Waals surface area contributed by atoms with E-state index in [1.54, 1.807) is 7.11 Å². The van der Waals surface area contributed by atoms with Crippen LogP contribution in [0.5, 0.6) is 11.5 Å². The summed E-state index contributed by atoms with van der Waals surface area (Å²) in [6, 6.07) is 15.9. The normalized spacial score (nSPS) is 16.2. The zero-order valence-electron chi connectivity index (χ0n) is 17.7. The maximum Gasteiger partial charge on any atom is 0.222 e. The second-order valence-corrected chi connectivity index (χ2v) is 7.59. The van der Waals surface area contributed by atoms with E-state index in [9.17, 15) is 4.79 Å². The molecule has 1 atom stereocenters. The molecule has 4 rings (SSSR count). The minimum absolute atomic E-state index is 0.0624. The predicted molar refractivity (Wildman–Crippen MR) is 117 cm³/mol. The van der Waals surface area contributed by atoms with E-state index in [0.29, 0.717) is 13.0 Å². The van der Waals surface area contributed by atoms with Crippen LogP contribution in [-0.4, -0.2) is 40.6 Å². The third-order valence-electron chi connectivity index (χ3n) is 5.71. The molecule has 30 heavy (non-hydrogen) atoms. The summed E-state index contributed by atoms with van der Waals surface area (Å²) >= 11 is 0. The monoisotopic (exact) mass is 407 g/mol. The maximum absolute atomic E-state index is 12.4. The van der Waals surface area contributed by atoms with Crippen molar-refractivity contribution >= 4 is 16.9 Å². The molecule has 1 amide bonds. The first-order chi connectivity index (χ1) is 14.7. The Labute approximate surface area is 177 Å². The number of amides is 1. The first-order valence-corrected chi connectivity index (χ1v) is 10.7. The van der Waals surface area contributed by atoms with Gasteiger partial charge in [0, 0.05) is 19.5 Å². The molecule has 0 bridgehead atoms. The molecule has 3 aromatic rings. The molecule has 0 N–H and O–H groups in total. The molecule has 1 fully saturated rings. The van der Waals surface area contributed by atoms with Gasteiger partial charge in [0.1, 0.15) is 17.3 Å². The van der Waals surface area contributed by atoms with Crippen molar-refractivity contribution in [3.63, 3.8) is 0 Å². The smallest absolute Gasteiger partial charge is 0.222 e. The largest absolute Gasteiger partial charge is 0.497 e. The van der Waals surface area contributed by atoms with Crippen LogP contribution < -0.4 is 9.47 Å². The van der Waals surface area contributed by atoms with Gasteiger partial charge in [0.25, 0.3) is 0 Å². The van der Waals surface area contributed by atoms with Crippen molar-refractivity contribution < 1.29 is 14.3 Å². The SMILES string of the molecule is CCC(=O)N1CCC[C@@H]1c1nc2ccccc2n1CCCOc1ccc(OC)cc1. The Morgan fingerprint density at radius 3 is 2.67 bits per heavy atom. The van der Waals surface area contributed by atoms with Gasteiger partial charge < -0.3 is 18.9 Å². The Morgan fingerprint density at radius 1 is 1.13 bits per heavy atom. The lowest BCUT2D eigenvalue weighted by Crippen LogP contribution is -2.31. The quantitative estimate of drug-likeness (QED) is 0.513. The summed E-state index contributed by atoms with van der Waals surface area (Å²) in [7, 11) is 1.66. The highest BCUT2D eigenvalue weighted by atomic mass is 16.5. The molecule has 1 aliphatic rings. The number of aryl methyl sites for hydroxylation is 1. The first kappa shape index (κ1) is 20.3. The van der Waals surface area contributed by atoms with E-state index in [0.717, 1.165) is 60.7 Å². The number of likely N-dealkylation sites (tertiary alicyclic amines) is 1. The van der Waals surface area contributed by atoms with Crippen LogP contribution in [0.25, 0.3) is 11.0 Å². The maximum atomic E-state index is 12.4. The third-order valence-corrected chi connectivity index (χ3v) is 5.71. The Kier molecular flexibility index (Phi) is 6.21. The number of nitrogens with zero attached hydrogens (tertiary/aromatic N) is 3.